The zero-order valence-corrected chi connectivity index (χ0v) is 11.3. The molecule has 1 aliphatic carbocycles. The lowest BCUT2D eigenvalue weighted by Gasteiger charge is -2.43. The number of aryl methyl sites for hydroxylation is 1. The van der Waals surface area contributed by atoms with Gasteiger partial charge in [0.05, 0.1) is 0 Å². The van der Waals surface area contributed by atoms with Crippen molar-refractivity contribution in [1.82, 2.24) is 4.90 Å². The second-order valence-electron chi connectivity index (χ2n) is 5.59. The molecule has 2 rings (SSSR count). The Labute approximate surface area is 109 Å². The van der Waals surface area contributed by atoms with Crippen LogP contribution < -0.4 is 5.73 Å². The maximum Gasteiger partial charge on any atom is 0.253 e. The van der Waals surface area contributed by atoms with Gasteiger partial charge in [-0.2, -0.15) is 0 Å². The number of amides is 1. The normalized spacial score (nSPS) is 17.1. The standard InChI is InChI=1S/C15H22N2O/c1-12-5-3-6-13(9-12)14(18)17(2)11-15(10-16)7-4-8-15/h3,5-6,9H,4,7-8,10-11,16H2,1-2H3. The first-order chi connectivity index (χ1) is 8.56. The maximum absolute atomic E-state index is 12.3. The third kappa shape index (κ3) is 2.56. The van der Waals surface area contributed by atoms with Gasteiger partial charge in [-0.3, -0.25) is 4.79 Å². The number of carbonyl (C=O) groups excluding carboxylic acids is 1. The molecule has 1 fully saturated rings. The number of nitrogens with two attached hydrogens (primary N) is 1. The van der Waals surface area contributed by atoms with E-state index in [1.165, 1.54) is 6.42 Å². The number of hydrogen-bond donors (Lipinski definition) is 1. The molecule has 0 spiro atoms. The molecule has 2 N–H and O–H groups in total. The highest BCUT2D eigenvalue weighted by Gasteiger charge is 2.37. The summed E-state index contributed by atoms with van der Waals surface area (Å²) >= 11 is 0. The molecule has 1 aliphatic rings. The van der Waals surface area contributed by atoms with Gasteiger partial charge in [-0.05, 0) is 38.4 Å². The molecule has 1 aromatic rings. The molecule has 0 atom stereocenters. The van der Waals surface area contributed by atoms with Gasteiger partial charge in [-0.1, -0.05) is 24.1 Å². The quantitative estimate of drug-likeness (QED) is 0.885. The summed E-state index contributed by atoms with van der Waals surface area (Å²) in [5.74, 6) is 0.0958. The fraction of sp³-hybridized carbons (Fsp3) is 0.533. The molecular weight excluding hydrogens is 224 g/mol. The first-order valence-corrected chi connectivity index (χ1v) is 6.59. The van der Waals surface area contributed by atoms with Crippen molar-refractivity contribution in [3.63, 3.8) is 0 Å². The van der Waals surface area contributed by atoms with Gasteiger partial charge in [-0.15, -0.1) is 0 Å². The van der Waals surface area contributed by atoms with E-state index in [0.717, 1.165) is 30.5 Å². The highest BCUT2D eigenvalue weighted by atomic mass is 16.2. The monoisotopic (exact) mass is 246 g/mol. The molecule has 1 saturated carbocycles. The molecule has 1 amide bonds. The topological polar surface area (TPSA) is 46.3 Å². The lowest BCUT2D eigenvalue weighted by atomic mass is 9.68. The summed E-state index contributed by atoms with van der Waals surface area (Å²) in [4.78, 5) is 14.1. The second kappa shape index (κ2) is 5.11. The van der Waals surface area contributed by atoms with E-state index in [-0.39, 0.29) is 11.3 Å². The average molecular weight is 246 g/mol. The zero-order valence-electron chi connectivity index (χ0n) is 11.3. The Morgan fingerprint density at radius 1 is 1.44 bits per heavy atom. The molecular formula is C15H22N2O. The summed E-state index contributed by atoms with van der Waals surface area (Å²) in [5, 5.41) is 0. The summed E-state index contributed by atoms with van der Waals surface area (Å²) in [6, 6.07) is 7.75. The van der Waals surface area contributed by atoms with E-state index in [0.29, 0.717) is 6.54 Å². The van der Waals surface area contributed by atoms with Crippen molar-refractivity contribution in [2.75, 3.05) is 20.1 Å². The Bertz CT molecular complexity index is 432. The van der Waals surface area contributed by atoms with Crippen LogP contribution in [0.15, 0.2) is 24.3 Å². The van der Waals surface area contributed by atoms with E-state index in [1.807, 2.05) is 43.1 Å². The molecule has 3 heteroatoms. The fourth-order valence-corrected chi connectivity index (χ4v) is 2.68. The smallest absolute Gasteiger partial charge is 0.253 e. The lowest BCUT2D eigenvalue weighted by Crippen LogP contribution is -2.47. The first kappa shape index (κ1) is 13.1. The van der Waals surface area contributed by atoms with E-state index in [2.05, 4.69) is 0 Å². The van der Waals surface area contributed by atoms with E-state index >= 15 is 0 Å². The van der Waals surface area contributed by atoms with Crippen molar-refractivity contribution < 1.29 is 4.79 Å². The Balaban J connectivity index is 2.05. The minimum absolute atomic E-state index is 0.0958. The van der Waals surface area contributed by atoms with Gasteiger partial charge in [0, 0.05) is 24.6 Å². The third-order valence-corrected chi connectivity index (χ3v) is 4.03. The van der Waals surface area contributed by atoms with Crippen LogP contribution in [0.4, 0.5) is 0 Å². The van der Waals surface area contributed by atoms with Crippen LogP contribution in [-0.2, 0) is 0 Å². The Morgan fingerprint density at radius 2 is 2.17 bits per heavy atom. The average Bonchev–Trinajstić information content (AvgIpc) is 2.32. The van der Waals surface area contributed by atoms with Crippen LogP contribution in [-0.4, -0.2) is 30.9 Å². The van der Waals surface area contributed by atoms with Gasteiger partial charge in [0.1, 0.15) is 0 Å². The lowest BCUT2D eigenvalue weighted by molar-refractivity contribution is 0.0568. The van der Waals surface area contributed by atoms with Crippen LogP contribution in [0.1, 0.15) is 35.2 Å². The minimum atomic E-state index is 0.0958. The van der Waals surface area contributed by atoms with Crippen molar-refractivity contribution >= 4 is 5.91 Å². The summed E-state index contributed by atoms with van der Waals surface area (Å²) in [6.07, 6.45) is 3.54. The minimum Gasteiger partial charge on any atom is -0.341 e. The molecule has 98 valence electrons. The number of carbonyl (C=O) groups is 1. The summed E-state index contributed by atoms with van der Waals surface area (Å²) < 4.78 is 0. The number of rotatable bonds is 4. The molecule has 1 aromatic carbocycles. The molecule has 0 heterocycles. The van der Waals surface area contributed by atoms with E-state index < -0.39 is 0 Å². The van der Waals surface area contributed by atoms with Gasteiger partial charge < -0.3 is 10.6 Å². The van der Waals surface area contributed by atoms with Gasteiger partial charge in [0.25, 0.3) is 5.91 Å². The first-order valence-electron chi connectivity index (χ1n) is 6.59. The van der Waals surface area contributed by atoms with Gasteiger partial charge in [0.15, 0.2) is 0 Å². The largest absolute Gasteiger partial charge is 0.341 e. The molecule has 0 unspecified atom stereocenters. The Hall–Kier alpha value is -1.35. The highest BCUT2D eigenvalue weighted by Crippen LogP contribution is 2.40. The van der Waals surface area contributed by atoms with Crippen molar-refractivity contribution in [2.45, 2.75) is 26.2 Å². The third-order valence-electron chi connectivity index (χ3n) is 4.03. The second-order valence-corrected chi connectivity index (χ2v) is 5.59. The van der Waals surface area contributed by atoms with Gasteiger partial charge >= 0.3 is 0 Å². The van der Waals surface area contributed by atoms with E-state index in [4.69, 9.17) is 5.73 Å². The van der Waals surface area contributed by atoms with Crippen molar-refractivity contribution in [3.8, 4) is 0 Å². The van der Waals surface area contributed by atoms with Crippen LogP contribution in [0.5, 0.6) is 0 Å². The molecule has 0 aliphatic heterocycles. The van der Waals surface area contributed by atoms with Crippen LogP contribution in [0.25, 0.3) is 0 Å². The SMILES string of the molecule is Cc1cccc(C(=O)N(C)CC2(CN)CCC2)c1. The molecule has 3 nitrogen and oxygen atoms in total. The summed E-state index contributed by atoms with van der Waals surface area (Å²) in [5.41, 5.74) is 7.90. The van der Waals surface area contributed by atoms with Gasteiger partial charge in [-0.25, -0.2) is 0 Å². The number of nitrogens with zero attached hydrogens (tertiary/aromatic N) is 1. The fourth-order valence-electron chi connectivity index (χ4n) is 2.68. The summed E-state index contributed by atoms with van der Waals surface area (Å²) in [6.45, 7) is 3.46. The van der Waals surface area contributed by atoms with Crippen LogP contribution in [0, 0.1) is 12.3 Å². The van der Waals surface area contributed by atoms with Gasteiger partial charge in [0.2, 0.25) is 0 Å². The predicted octanol–water partition coefficient (Wildman–Crippen LogP) is 2.20. The Morgan fingerprint density at radius 3 is 2.67 bits per heavy atom. The number of hydrogen-bond acceptors (Lipinski definition) is 2. The highest BCUT2D eigenvalue weighted by molar-refractivity contribution is 5.94. The molecule has 0 saturated heterocycles. The van der Waals surface area contributed by atoms with Crippen molar-refractivity contribution in [1.29, 1.82) is 0 Å². The molecule has 0 aromatic heterocycles. The van der Waals surface area contributed by atoms with Crippen LogP contribution >= 0.6 is 0 Å². The van der Waals surface area contributed by atoms with E-state index in [1.54, 1.807) is 0 Å². The predicted molar refractivity (Wildman–Crippen MR) is 73.5 cm³/mol. The zero-order chi connectivity index (χ0) is 13.2. The van der Waals surface area contributed by atoms with Crippen LogP contribution in [0.3, 0.4) is 0 Å². The summed E-state index contributed by atoms with van der Waals surface area (Å²) in [7, 11) is 1.88. The molecule has 0 radical (unpaired) electrons. The van der Waals surface area contributed by atoms with Crippen LogP contribution in [0.2, 0.25) is 0 Å². The van der Waals surface area contributed by atoms with E-state index in [9.17, 15) is 4.79 Å². The van der Waals surface area contributed by atoms with Crippen molar-refractivity contribution in [3.05, 3.63) is 35.4 Å². The number of benzene rings is 1. The Kier molecular flexibility index (Phi) is 3.71. The maximum atomic E-state index is 12.3. The van der Waals surface area contributed by atoms with Crippen molar-refractivity contribution in [2.24, 2.45) is 11.1 Å². The molecule has 0 bridgehead atoms. The molecule has 18 heavy (non-hydrogen) atoms.